The summed E-state index contributed by atoms with van der Waals surface area (Å²) in [5.74, 6) is -1.10. The van der Waals surface area contributed by atoms with Gasteiger partial charge >= 0.3 is 18.1 Å². The standard InChI is InChI=1S/C31H34O7/c1-5-21(3)28-31(29(33)35-4,38-30(34)37-28)18-10-11-20(2)16-17-27(32)36-19-26-24-14-8-6-12-22(24)23-13-7-9-15-25(23)26/h6-10,12-15,18,21,26,28H,2,5,11,16-17,19H2,1,3-4H3/b18-10+/t21-,28+,31-/m0/s1. The van der Waals surface area contributed by atoms with Gasteiger partial charge in [0.25, 0.3) is 5.60 Å². The van der Waals surface area contributed by atoms with Gasteiger partial charge in [-0.2, -0.15) is 0 Å². The predicted molar refractivity (Wildman–Crippen MR) is 142 cm³/mol. The lowest BCUT2D eigenvalue weighted by Crippen LogP contribution is -2.49. The molecular weight excluding hydrogens is 484 g/mol. The number of carbonyl (C=O) groups excluding carboxylic acids is 3. The second-order valence-corrected chi connectivity index (χ2v) is 9.83. The number of esters is 2. The molecule has 4 rings (SSSR count). The first-order chi connectivity index (χ1) is 18.3. The van der Waals surface area contributed by atoms with Crippen molar-refractivity contribution in [1.82, 2.24) is 0 Å². The Morgan fingerprint density at radius 3 is 2.32 bits per heavy atom. The number of ether oxygens (including phenoxy) is 4. The van der Waals surface area contributed by atoms with Crippen LogP contribution in [0, 0.1) is 5.92 Å². The van der Waals surface area contributed by atoms with Gasteiger partial charge in [-0.3, -0.25) is 4.79 Å². The summed E-state index contributed by atoms with van der Waals surface area (Å²) in [5, 5.41) is 0. The highest BCUT2D eigenvalue weighted by atomic mass is 16.8. The van der Waals surface area contributed by atoms with E-state index in [2.05, 4.69) is 30.8 Å². The summed E-state index contributed by atoms with van der Waals surface area (Å²) in [4.78, 5) is 37.1. The average Bonchev–Trinajstić information content (AvgIpc) is 3.44. The van der Waals surface area contributed by atoms with Crippen molar-refractivity contribution in [3.8, 4) is 11.1 Å². The molecule has 1 aliphatic heterocycles. The number of hydrogen-bond acceptors (Lipinski definition) is 7. The molecular formula is C31H34O7. The van der Waals surface area contributed by atoms with Gasteiger partial charge in [0.15, 0.2) is 6.10 Å². The molecule has 0 bridgehead atoms. The molecule has 2 aliphatic rings. The summed E-state index contributed by atoms with van der Waals surface area (Å²) in [6.07, 6.45) is 3.21. The number of benzene rings is 2. The van der Waals surface area contributed by atoms with Crippen molar-refractivity contribution in [3.05, 3.63) is 84.0 Å². The summed E-state index contributed by atoms with van der Waals surface area (Å²) in [5.41, 5.74) is 3.84. The number of cyclic esters (lactones) is 2. The number of hydrogen-bond donors (Lipinski definition) is 0. The van der Waals surface area contributed by atoms with Gasteiger partial charge in [0.05, 0.1) is 7.11 Å². The SMILES string of the molecule is C=C(C/C=C/[C@]1(C(=O)OC)OC(=O)O[C@@H]1[C@@H](C)CC)CCC(=O)OCC1c2ccccc2-c2ccccc21. The van der Waals surface area contributed by atoms with Crippen LogP contribution in [0.25, 0.3) is 11.1 Å². The quantitative estimate of drug-likeness (QED) is 0.201. The Morgan fingerprint density at radius 2 is 1.71 bits per heavy atom. The van der Waals surface area contributed by atoms with E-state index < -0.39 is 23.8 Å². The van der Waals surface area contributed by atoms with Crippen molar-refractivity contribution in [2.24, 2.45) is 5.92 Å². The van der Waals surface area contributed by atoms with E-state index in [1.54, 1.807) is 6.08 Å². The minimum atomic E-state index is -1.64. The number of fused-ring (bicyclic) bond motifs is 3. The molecule has 7 heteroatoms. The fraction of sp³-hybridized carbons (Fsp3) is 0.387. The van der Waals surface area contributed by atoms with Crippen LogP contribution in [0.4, 0.5) is 4.79 Å². The topological polar surface area (TPSA) is 88.1 Å². The van der Waals surface area contributed by atoms with Crippen LogP contribution in [0.15, 0.2) is 72.8 Å². The molecule has 0 saturated carbocycles. The minimum Gasteiger partial charge on any atom is -0.466 e. The van der Waals surface area contributed by atoms with Crippen molar-refractivity contribution >= 4 is 18.1 Å². The number of rotatable bonds is 11. The maximum absolute atomic E-state index is 12.6. The van der Waals surface area contributed by atoms with Crippen molar-refractivity contribution in [2.45, 2.75) is 57.2 Å². The second-order valence-electron chi connectivity index (χ2n) is 9.83. The van der Waals surface area contributed by atoms with Gasteiger partial charge < -0.3 is 18.9 Å². The van der Waals surface area contributed by atoms with Gasteiger partial charge in [0.2, 0.25) is 0 Å². The average molecular weight is 519 g/mol. The third-order valence-corrected chi connectivity index (χ3v) is 7.39. The van der Waals surface area contributed by atoms with Crippen molar-refractivity contribution in [2.75, 3.05) is 13.7 Å². The molecule has 0 radical (unpaired) electrons. The number of carbonyl (C=O) groups is 3. The number of allylic oxidation sites excluding steroid dienone is 2. The smallest absolute Gasteiger partial charge is 0.466 e. The van der Waals surface area contributed by atoms with Crippen LogP contribution in [0.5, 0.6) is 0 Å². The van der Waals surface area contributed by atoms with Gasteiger partial charge in [0.1, 0.15) is 6.61 Å². The fourth-order valence-electron chi connectivity index (χ4n) is 5.15. The summed E-state index contributed by atoms with van der Waals surface area (Å²) in [7, 11) is 1.24. The normalized spacial score (nSPS) is 20.8. The molecule has 0 amide bonds. The van der Waals surface area contributed by atoms with Gasteiger partial charge in [0, 0.05) is 12.3 Å². The van der Waals surface area contributed by atoms with Gasteiger partial charge in [-0.15, -0.1) is 0 Å². The van der Waals surface area contributed by atoms with E-state index in [-0.39, 0.29) is 30.8 Å². The van der Waals surface area contributed by atoms with Crippen LogP contribution in [-0.2, 0) is 28.5 Å². The fourth-order valence-corrected chi connectivity index (χ4v) is 5.15. The lowest BCUT2D eigenvalue weighted by molar-refractivity contribution is -0.158. The first-order valence-electron chi connectivity index (χ1n) is 13.0. The number of methoxy groups -OCH3 is 1. The summed E-state index contributed by atoms with van der Waals surface area (Å²) < 4.78 is 21.2. The van der Waals surface area contributed by atoms with Crippen LogP contribution < -0.4 is 0 Å². The molecule has 1 aliphatic carbocycles. The van der Waals surface area contributed by atoms with Crippen LogP contribution in [-0.4, -0.2) is 43.5 Å². The van der Waals surface area contributed by atoms with Crippen molar-refractivity contribution in [3.63, 3.8) is 0 Å². The first-order valence-corrected chi connectivity index (χ1v) is 13.0. The van der Waals surface area contributed by atoms with Crippen LogP contribution in [0.2, 0.25) is 0 Å². The molecule has 200 valence electrons. The van der Waals surface area contributed by atoms with E-state index >= 15 is 0 Å². The summed E-state index contributed by atoms with van der Waals surface area (Å²) in [6.45, 7) is 8.15. The highest BCUT2D eigenvalue weighted by Crippen LogP contribution is 2.44. The van der Waals surface area contributed by atoms with Gasteiger partial charge in [-0.1, -0.05) is 80.6 Å². The molecule has 0 unspecified atom stereocenters. The zero-order valence-corrected chi connectivity index (χ0v) is 22.1. The molecule has 1 heterocycles. The molecule has 0 N–H and O–H groups in total. The molecule has 0 aromatic heterocycles. The second kappa shape index (κ2) is 11.7. The van der Waals surface area contributed by atoms with Gasteiger partial charge in [-0.25, -0.2) is 9.59 Å². The Balaban J connectivity index is 1.31. The van der Waals surface area contributed by atoms with E-state index in [0.29, 0.717) is 19.3 Å². The van der Waals surface area contributed by atoms with Crippen LogP contribution in [0.3, 0.4) is 0 Å². The molecule has 7 nitrogen and oxygen atoms in total. The minimum absolute atomic E-state index is 0.0156. The zero-order valence-electron chi connectivity index (χ0n) is 22.1. The Morgan fingerprint density at radius 1 is 1.08 bits per heavy atom. The highest BCUT2D eigenvalue weighted by molar-refractivity contribution is 5.87. The molecule has 3 atom stereocenters. The first kappa shape index (κ1) is 27.2. The Hall–Kier alpha value is -3.87. The largest absolute Gasteiger partial charge is 0.510 e. The maximum Gasteiger partial charge on any atom is 0.510 e. The molecule has 2 aromatic rings. The molecule has 38 heavy (non-hydrogen) atoms. The molecule has 1 fully saturated rings. The molecule has 1 saturated heterocycles. The Bertz CT molecular complexity index is 1200. The van der Waals surface area contributed by atoms with Gasteiger partial charge in [-0.05, 0) is 53.5 Å². The lowest BCUT2D eigenvalue weighted by Gasteiger charge is -2.28. The van der Waals surface area contributed by atoms with E-state index in [9.17, 15) is 14.4 Å². The summed E-state index contributed by atoms with van der Waals surface area (Å²) >= 11 is 0. The van der Waals surface area contributed by atoms with Crippen LogP contribution >= 0.6 is 0 Å². The molecule has 2 aromatic carbocycles. The predicted octanol–water partition coefficient (Wildman–Crippen LogP) is 6.12. The van der Waals surface area contributed by atoms with E-state index in [0.717, 1.165) is 5.57 Å². The van der Waals surface area contributed by atoms with Crippen molar-refractivity contribution < 1.29 is 33.3 Å². The van der Waals surface area contributed by atoms with Crippen molar-refractivity contribution in [1.29, 1.82) is 0 Å². The van der Waals surface area contributed by atoms with Crippen LogP contribution in [0.1, 0.15) is 56.6 Å². The third kappa shape index (κ3) is 5.37. The molecule has 0 spiro atoms. The maximum atomic E-state index is 12.6. The highest BCUT2D eigenvalue weighted by Gasteiger charge is 2.58. The Kier molecular flexibility index (Phi) is 8.35. The van der Waals surface area contributed by atoms with E-state index in [1.807, 2.05) is 38.1 Å². The third-order valence-electron chi connectivity index (χ3n) is 7.39. The summed E-state index contributed by atoms with van der Waals surface area (Å²) in [6, 6.07) is 16.4. The lowest BCUT2D eigenvalue weighted by atomic mass is 9.85. The Labute approximate surface area is 223 Å². The van der Waals surface area contributed by atoms with E-state index in [4.69, 9.17) is 18.9 Å². The van der Waals surface area contributed by atoms with E-state index in [1.165, 1.54) is 35.4 Å². The zero-order chi connectivity index (χ0) is 27.3. The monoisotopic (exact) mass is 518 g/mol.